The molecule has 4 heteroatoms. The molecule has 1 atom stereocenters. The number of aliphatic imine (C=N–C) groups is 1. The summed E-state index contributed by atoms with van der Waals surface area (Å²) in [6, 6.07) is 3.70. The normalized spacial score (nSPS) is 19.0. The Balaban J connectivity index is 2.62. The highest BCUT2D eigenvalue weighted by molar-refractivity contribution is 5.96. The van der Waals surface area contributed by atoms with Crippen molar-refractivity contribution in [3.05, 3.63) is 28.8 Å². The third kappa shape index (κ3) is 3.27. The smallest absolute Gasteiger partial charge is 0.216 e. The third-order valence-corrected chi connectivity index (χ3v) is 3.90. The van der Waals surface area contributed by atoms with Gasteiger partial charge in [-0.05, 0) is 23.0 Å². The Bertz CT molecular complexity index is 556. The molecule has 122 valence electrons. The third-order valence-electron chi connectivity index (χ3n) is 3.90. The summed E-state index contributed by atoms with van der Waals surface area (Å²) in [5, 5.41) is 19.9. The van der Waals surface area contributed by atoms with Crippen LogP contribution in [-0.2, 0) is 15.6 Å². The van der Waals surface area contributed by atoms with Gasteiger partial charge in [0.1, 0.15) is 18.4 Å². The number of hydrogen-bond acceptors (Lipinski definition) is 4. The minimum absolute atomic E-state index is 0.0140. The van der Waals surface area contributed by atoms with Gasteiger partial charge >= 0.3 is 0 Å². The number of aliphatic hydroxyl groups is 1. The summed E-state index contributed by atoms with van der Waals surface area (Å²) >= 11 is 0. The molecule has 0 saturated carbocycles. The van der Waals surface area contributed by atoms with Gasteiger partial charge < -0.3 is 14.9 Å². The Hall–Kier alpha value is -1.55. The Morgan fingerprint density at radius 1 is 1.09 bits per heavy atom. The standard InChI is InChI=1S/C18H27NO3/c1-17(2,3)13-7-11(16-19-12(9-20)10-22-16)8-14(15(13)21)18(4,5)6/h7-8,12,20-21H,9-10H2,1-6H3. The van der Waals surface area contributed by atoms with Gasteiger partial charge in [-0.1, -0.05) is 41.5 Å². The molecule has 1 heterocycles. The van der Waals surface area contributed by atoms with Crippen molar-refractivity contribution in [2.75, 3.05) is 13.2 Å². The van der Waals surface area contributed by atoms with Gasteiger partial charge in [0.25, 0.3) is 0 Å². The molecular weight excluding hydrogens is 278 g/mol. The van der Waals surface area contributed by atoms with Crippen LogP contribution in [0.3, 0.4) is 0 Å². The van der Waals surface area contributed by atoms with E-state index >= 15 is 0 Å². The van der Waals surface area contributed by atoms with E-state index in [0.29, 0.717) is 18.3 Å². The largest absolute Gasteiger partial charge is 0.507 e. The van der Waals surface area contributed by atoms with Crippen molar-refractivity contribution >= 4 is 5.90 Å². The summed E-state index contributed by atoms with van der Waals surface area (Å²) < 4.78 is 5.63. The van der Waals surface area contributed by atoms with E-state index in [4.69, 9.17) is 4.74 Å². The lowest BCUT2D eigenvalue weighted by atomic mass is 9.78. The van der Waals surface area contributed by atoms with Crippen LogP contribution in [-0.4, -0.2) is 35.4 Å². The predicted octanol–water partition coefficient (Wildman–Crippen LogP) is 3.12. The van der Waals surface area contributed by atoms with Crippen LogP contribution in [0.1, 0.15) is 58.2 Å². The fourth-order valence-electron chi connectivity index (χ4n) is 2.57. The topological polar surface area (TPSA) is 62.1 Å². The van der Waals surface area contributed by atoms with Crippen LogP contribution in [0, 0.1) is 0 Å². The first-order valence-corrected chi connectivity index (χ1v) is 7.74. The summed E-state index contributed by atoms with van der Waals surface area (Å²) in [6.45, 7) is 12.8. The monoisotopic (exact) mass is 305 g/mol. The van der Waals surface area contributed by atoms with Crippen molar-refractivity contribution in [3.63, 3.8) is 0 Å². The zero-order chi connectivity index (χ0) is 16.7. The van der Waals surface area contributed by atoms with E-state index in [2.05, 4.69) is 46.5 Å². The second kappa shape index (κ2) is 5.58. The van der Waals surface area contributed by atoms with Crippen molar-refractivity contribution in [1.29, 1.82) is 0 Å². The van der Waals surface area contributed by atoms with E-state index in [1.807, 2.05) is 12.1 Å². The fourth-order valence-corrected chi connectivity index (χ4v) is 2.57. The summed E-state index contributed by atoms with van der Waals surface area (Å²) in [4.78, 5) is 4.42. The molecule has 1 aromatic carbocycles. The molecule has 1 aromatic rings. The molecule has 0 spiro atoms. The van der Waals surface area contributed by atoms with Gasteiger partial charge in [0.15, 0.2) is 0 Å². The van der Waals surface area contributed by atoms with Crippen molar-refractivity contribution < 1.29 is 14.9 Å². The van der Waals surface area contributed by atoms with Crippen LogP contribution in [0.2, 0.25) is 0 Å². The van der Waals surface area contributed by atoms with Crippen LogP contribution in [0.4, 0.5) is 0 Å². The quantitative estimate of drug-likeness (QED) is 0.882. The first-order chi connectivity index (χ1) is 10.0. The number of phenolic OH excluding ortho intramolecular Hbond substituents is 1. The molecule has 22 heavy (non-hydrogen) atoms. The van der Waals surface area contributed by atoms with Gasteiger partial charge in [-0.2, -0.15) is 0 Å². The molecule has 1 aliphatic rings. The molecule has 0 fully saturated rings. The van der Waals surface area contributed by atoms with Crippen LogP contribution < -0.4 is 0 Å². The zero-order valence-electron chi connectivity index (χ0n) is 14.4. The van der Waals surface area contributed by atoms with Crippen molar-refractivity contribution in [2.45, 2.75) is 58.4 Å². The summed E-state index contributed by atoms with van der Waals surface area (Å²) in [6.07, 6.45) is 0. The summed E-state index contributed by atoms with van der Waals surface area (Å²) in [7, 11) is 0. The second-order valence-corrected chi connectivity index (χ2v) is 8.00. The van der Waals surface area contributed by atoms with E-state index in [9.17, 15) is 10.2 Å². The van der Waals surface area contributed by atoms with Gasteiger partial charge in [0.05, 0.1) is 6.61 Å². The second-order valence-electron chi connectivity index (χ2n) is 8.00. The minimum atomic E-state index is -0.194. The van der Waals surface area contributed by atoms with Gasteiger partial charge in [-0.3, -0.25) is 0 Å². The van der Waals surface area contributed by atoms with E-state index in [1.165, 1.54) is 0 Å². The van der Waals surface area contributed by atoms with E-state index in [0.717, 1.165) is 16.7 Å². The lowest BCUT2D eigenvalue weighted by Crippen LogP contribution is -2.19. The minimum Gasteiger partial charge on any atom is -0.507 e. The maximum absolute atomic E-state index is 10.7. The van der Waals surface area contributed by atoms with E-state index in [1.54, 1.807) is 0 Å². The Morgan fingerprint density at radius 3 is 1.95 bits per heavy atom. The first kappa shape index (κ1) is 16.8. The van der Waals surface area contributed by atoms with E-state index < -0.39 is 0 Å². The number of aliphatic hydroxyl groups excluding tert-OH is 1. The number of aromatic hydroxyl groups is 1. The Morgan fingerprint density at radius 2 is 1.59 bits per heavy atom. The number of ether oxygens (including phenoxy) is 1. The summed E-state index contributed by atoms with van der Waals surface area (Å²) in [5.41, 5.74) is 2.26. The molecule has 0 radical (unpaired) electrons. The predicted molar refractivity (Wildman–Crippen MR) is 88.9 cm³/mol. The average molecular weight is 305 g/mol. The lowest BCUT2D eigenvalue weighted by Gasteiger charge is -2.28. The maximum Gasteiger partial charge on any atom is 0.216 e. The number of rotatable bonds is 2. The van der Waals surface area contributed by atoms with E-state index in [-0.39, 0.29) is 23.5 Å². The number of phenols is 1. The first-order valence-electron chi connectivity index (χ1n) is 7.74. The van der Waals surface area contributed by atoms with Crippen LogP contribution in [0.5, 0.6) is 5.75 Å². The fraction of sp³-hybridized carbons (Fsp3) is 0.611. The lowest BCUT2D eigenvalue weighted by molar-refractivity contribution is 0.227. The zero-order valence-corrected chi connectivity index (χ0v) is 14.4. The number of hydrogen-bond donors (Lipinski definition) is 2. The van der Waals surface area contributed by atoms with Gasteiger partial charge in [0.2, 0.25) is 5.90 Å². The van der Waals surface area contributed by atoms with Crippen molar-refractivity contribution in [2.24, 2.45) is 4.99 Å². The molecular formula is C18H27NO3. The molecule has 2 N–H and O–H groups in total. The molecule has 4 nitrogen and oxygen atoms in total. The van der Waals surface area contributed by atoms with Crippen LogP contribution >= 0.6 is 0 Å². The van der Waals surface area contributed by atoms with Gasteiger partial charge in [-0.25, -0.2) is 4.99 Å². The molecule has 1 unspecified atom stereocenters. The molecule has 1 aliphatic heterocycles. The average Bonchev–Trinajstić information content (AvgIpc) is 2.85. The van der Waals surface area contributed by atoms with Crippen molar-refractivity contribution in [1.82, 2.24) is 0 Å². The highest BCUT2D eigenvalue weighted by Gasteiger charge is 2.29. The van der Waals surface area contributed by atoms with Crippen molar-refractivity contribution in [3.8, 4) is 5.75 Å². The Labute approximate surface area is 132 Å². The van der Waals surface area contributed by atoms with Crippen LogP contribution in [0.25, 0.3) is 0 Å². The molecule has 0 bridgehead atoms. The Kier molecular flexibility index (Phi) is 4.26. The van der Waals surface area contributed by atoms with Gasteiger partial charge in [-0.15, -0.1) is 0 Å². The maximum atomic E-state index is 10.7. The van der Waals surface area contributed by atoms with Gasteiger partial charge in [0, 0.05) is 16.7 Å². The molecule has 0 aliphatic carbocycles. The highest BCUT2D eigenvalue weighted by atomic mass is 16.5. The SMILES string of the molecule is CC(C)(C)c1cc(C2=NC(CO)CO2)cc(C(C)(C)C)c1O. The molecule has 0 amide bonds. The molecule has 0 saturated heterocycles. The molecule has 2 rings (SSSR count). The highest BCUT2D eigenvalue weighted by Crippen LogP contribution is 2.40. The van der Waals surface area contributed by atoms with Crippen LogP contribution in [0.15, 0.2) is 17.1 Å². The summed E-state index contributed by atoms with van der Waals surface area (Å²) in [5.74, 6) is 0.899. The molecule has 0 aromatic heterocycles. The number of nitrogens with zero attached hydrogens (tertiary/aromatic N) is 1. The number of benzene rings is 1.